The van der Waals surface area contributed by atoms with Crippen molar-refractivity contribution in [3.63, 3.8) is 0 Å². The monoisotopic (exact) mass is 242 g/mol. The lowest BCUT2D eigenvalue weighted by Crippen LogP contribution is -2.13. The molecule has 1 nitrogen and oxygen atoms in total. The highest BCUT2D eigenvalue weighted by Gasteiger charge is 2.13. The number of thiol groups is 1. The molecular formula is C5H9INS+. The number of halogens is 1. The fraction of sp³-hybridized carbons (Fsp3) is 0.800. The second-order valence-electron chi connectivity index (χ2n) is 1.96. The van der Waals surface area contributed by atoms with Gasteiger partial charge < -0.3 is 0 Å². The Labute approximate surface area is 68.9 Å². The van der Waals surface area contributed by atoms with Crippen LogP contribution in [0.5, 0.6) is 0 Å². The molecule has 0 amide bonds. The molecule has 0 spiro atoms. The predicted octanol–water partition coefficient (Wildman–Crippen LogP) is 1.86. The van der Waals surface area contributed by atoms with Crippen molar-refractivity contribution >= 4 is 39.1 Å². The summed E-state index contributed by atoms with van der Waals surface area (Å²) in [5.41, 5.74) is 0. The third-order valence-corrected chi connectivity index (χ3v) is 3.23. The van der Waals surface area contributed by atoms with Crippen molar-refractivity contribution in [2.75, 3.05) is 6.54 Å². The van der Waals surface area contributed by atoms with Gasteiger partial charge in [-0.3, -0.25) is 0 Å². The van der Waals surface area contributed by atoms with E-state index in [2.05, 4.69) is 35.4 Å². The Morgan fingerprint density at radius 3 is 2.62 bits per heavy atom. The van der Waals surface area contributed by atoms with Gasteiger partial charge in [-0.2, -0.15) is 3.98 Å². The third-order valence-electron chi connectivity index (χ3n) is 1.28. The molecule has 0 atom stereocenters. The van der Waals surface area contributed by atoms with Gasteiger partial charge in [-0.1, -0.05) is 0 Å². The van der Waals surface area contributed by atoms with E-state index in [1.165, 1.54) is 23.0 Å². The molecule has 0 N–H and O–H groups in total. The van der Waals surface area contributed by atoms with Gasteiger partial charge in [0.1, 0.15) is 12.8 Å². The van der Waals surface area contributed by atoms with Crippen LogP contribution in [-0.2, 0) is 0 Å². The first-order chi connectivity index (χ1) is 3.80. The summed E-state index contributed by atoms with van der Waals surface area (Å²) in [6.45, 7) is 1.13. The van der Waals surface area contributed by atoms with Gasteiger partial charge in [0.25, 0.3) is 0 Å². The zero-order valence-corrected chi connectivity index (χ0v) is 7.65. The Morgan fingerprint density at radius 2 is 2.25 bits per heavy atom. The molecule has 0 unspecified atom stereocenters. The van der Waals surface area contributed by atoms with Crippen molar-refractivity contribution in [1.82, 2.24) is 0 Å². The van der Waals surface area contributed by atoms with Crippen LogP contribution in [0.2, 0.25) is 0 Å². The average Bonchev–Trinajstić information content (AvgIpc) is 1.77. The largest absolute Gasteiger partial charge is 0.225 e. The van der Waals surface area contributed by atoms with E-state index in [0.29, 0.717) is 0 Å². The molecule has 1 rings (SSSR count). The van der Waals surface area contributed by atoms with E-state index in [9.17, 15) is 0 Å². The standard InChI is InChI=1S/C5H9INS/c6-5-3-1-2-4-7(5)8/h8H,1-4H2/q+1. The highest BCUT2D eigenvalue weighted by atomic mass is 127. The molecule has 3 heteroatoms. The van der Waals surface area contributed by atoms with Gasteiger partial charge in [-0.25, -0.2) is 0 Å². The molecule has 0 fully saturated rings. The van der Waals surface area contributed by atoms with E-state index in [1.54, 1.807) is 0 Å². The van der Waals surface area contributed by atoms with E-state index in [0.717, 1.165) is 6.54 Å². The molecule has 0 saturated carbocycles. The molecule has 0 bridgehead atoms. The molecule has 1 aliphatic rings. The zero-order valence-electron chi connectivity index (χ0n) is 4.60. The fourth-order valence-corrected chi connectivity index (χ4v) is 1.65. The summed E-state index contributed by atoms with van der Waals surface area (Å²) in [7, 11) is 0. The third kappa shape index (κ3) is 1.62. The smallest absolute Gasteiger partial charge is 0.160 e. The highest BCUT2D eigenvalue weighted by molar-refractivity contribution is 14.1. The van der Waals surface area contributed by atoms with Crippen molar-refractivity contribution in [2.24, 2.45) is 0 Å². The number of hydrogen-bond donors (Lipinski definition) is 1. The quantitative estimate of drug-likeness (QED) is 0.375. The molecule has 46 valence electrons. The van der Waals surface area contributed by atoms with Gasteiger partial charge in [-0.15, -0.1) is 0 Å². The van der Waals surface area contributed by atoms with E-state index < -0.39 is 0 Å². The van der Waals surface area contributed by atoms with Gasteiger partial charge in [0.15, 0.2) is 6.54 Å². The first-order valence-electron chi connectivity index (χ1n) is 2.78. The molecule has 0 saturated heterocycles. The molecule has 0 aromatic carbocycles. The SMILES string of the molecule is S[N+]1=C(I)CCCC1. The van der Waals surface area contributed by atoms with Crippen LogP contribution in [0.3, 0.4) is 0 Å². The number of nitrogens with zero attached hydrogens (tertiary/aromatic N) is 1. The number of rotatable bonds is 0. The van der Waals surface area contributed by atoms with E-state index in [4.69, 9.17) is 0 Å². The van der Waals surface area contributed by atoms with Crippen molar-refractivity contribution < 1.29 is 3.98 Å². The van der Waals surface area contributed by atoms with E-state index in [1.807, 2.05) is 3.98 Å². The van der Waals surface area contributed by atoms with E-state index >= 15 is 0 Å². The van der Waals surface area contributed by atoms with Crippen LogP contribution in [0.1, 0.15) is 19.3 Å². The van der Waals surface area contributed by atoms with Crippen LogP contribution < -0.4 is 0 Å². The lowest BCUT2D eigenvalue weighted by Gasteiger charge is -2.03. The topological polar surface area (TPSA) is 3.01 Å². The Kier molecular flexibility index (Phi) is 2.62. The van der Waals surface area contributed by atoms with Crippen molar-refractivity contribution in [3.8, 4) is 0 Å². The minimum atomic E-state index is 1.13. The summed E-state index contributed by atoms with van der Waals surface area (Å²) in [5.74, 6) is 0. The van der Waals surface area contributed by atoms with Crippen molar-refractivity contribution in [3.05, 3.63) is 0 Å². The molecule has 0 aliphatic carbocycles. The zero-order chi connectivity index (χ0) is 5.98. The minimum absolute atomic E-state index is 1.13. The van der Waals surface area contributed by atoms with Gasteiger partial charge in [0.2, 0.25) is 3.72 Å². The fourth-order valence-electron chi connectivity index (χ4n) is 0.783. The Morgan fingerprint density at radius 1 is 1.50 bits per heavy atom. The minimum Gasteiger partial charge on any atom is -0.160 e. The second kappa shape index (κ2) is 3.06. The molecule has 8 heavy (non-hydrogen) atoms. The molecule has 0 aromatic heterocycles. The summed E-state index contributed by atoms with van der Waals surface area (Å²) >= 11 is 6.59. The maximum Gasteiger partial charge on any atom is 0.225 e. The normalized spacial score (nSPS) is 21.8. The van der Waals surface area contributed by atoms with Crippen LogP contribution in [0.15, 0.2) is 0 Å². The van der Waals surface area contributed by atoms with Gasteiger partial charge >= 0.3 is 0 Å². The highest BCUT2D eigenvalue weighted by Crippen LogP contribution is 2.11. The van der Waals surface area contributed by atoms with Gasteiger partial charge in [0.05, 0.1) is 0 Å². The first-order valence-corrected chi connectivity index (χ1v) is 4.26. The molecule has 1 heterocycles. The lowest BCUT2D eigenvalue weighted by molar-refractivity contribution is -0.346. The summed E-state index contributed by atoms with van der Waals surface area (Å²) in [4.78, 5) is 0. The van der Waals surface area contributed by atoms with Crippen LogP contribution in [0, 0.1) is 0 Å². The van der Waals surface area contributed by atoms with Crippen LogP contribution in [-0.4, -0.2) is 14.2 Å². The van der Waals surface area contributed by atoms with Gasteiger partial charge in [0, 0.05) is 35.4 Å². The summed E-state index contributed by atoms with van der Waals surface area (Å²) in [6, 6.07) is 0. The summed E-state index contributed by atoms with van der Waals surface area (Å²) in [5, 5.41) is 0. The van der Waals surface area contributed by atoms with Crippen LogP contribution in [0.25, 0.3) is 0 Å². The van der Waals surface area contributed by atoms with Gasteiger partial charge in [-0.05, 0) is 6.42 Å². The second-order valence-corrected chi connectivity index (χ2v) is 3.68. The average molecular weight is 242 g/mol. The van der Waals surface area contributed by atoms with Crippen LogP contribution >= 0.6 is 35.4 Å². The Balaban J connectivity index is 2.60. The summed E-state index contributed by atoms with van der Waals surface area (Å²) < 4.78 is 3.42. The summed E-state index contributed by atoms with van der Waals surface area (Å²) in [6.07, 6.45) is 3.87. The molecular weight excluding hydrogens is 233 g/mol. The molecule has 0 radical (unpaired) electrons. The lowest BCUT2D eigenvalue weighted by atomic mass is 10.2. The maximum absolute atomic E-state index is 4.25. The van der Waals surface area contributed by atoms with E-state index in [-0.39, 0.29) is 0 Å². The Bertz CT molecular complexity index is 108. The Hall–Kier alpha value is 0.750. The predicted molar refractivity (Wildman–Crippen MR) is 47.0 cm³/mol. The van der Waals surface area contributed by atoms with Crippen molar-refractivity contribution in [2.45, 2.75) is 19.3 Å². The molecule has 1 aliphatic heterocycles. The maximum atomic E-state index is 4.25. The van der Waals surface area contributed by atoms with Crippen molar-refractivity contribution in [1.29, 1.82) is 0 Å². The number of hydrogen-bond acceptors (Lipinski definition) is 1. The first kappa shape index (κ1) is 6.86. The molecule has 0 aromatic rings. The van der Waals surface area contributed by atoms with Crippen LogP contribution in [0.4, 0.5) is 0 Å².